The third kappa shape index (κ3) is 9.46. The van der Waals surface area contributed by atoms with Crippen LogP contribution in [0.25, 0.3) is 94.0 Å². The van der Waals surface area contributed by atoms with Gasteiger partial charge < -0.3 is 14.0 Å². The van der Waals surface area contributed by atoms with Crippen LogP contribution in [0.2, 0.25) is 0 Å². The van der Waals surface area contributed by atoms with Crippen molar-refractivity contribution in [1.29, 1.82) is 0 Å². The number of hydrogen-bond donors (Lipinski definition) is 0. The van der Waals surface area contributed by atoms with Gasteiger partial charge in [-0.2, -0.15) is 13.2 Å². The minimum Gasteiger partial charge on any atom is -0.500 e. The molecule has 0 amide bonds. The number of alkyl halides is 3. The molecule has 1 fully saturated rings. The molecule has 12 rings (SSSR count). The van der Waals surface area contributed by atoms with Crippen molar-refractivity contribution in [2.45, 2.75) is 91.1 Å². The minimum absolute atomic E-state index is 0. The van der Waals surface area contributed by atoms with Gasteiger partial charge in [0, 0.05) is 44.1 Å². The fraction of sp³-hybridized carbons (Fsp3) is 0.231. The summed E-state index contributed by atoms with van der Waals surface area (Å²) in [7, 11) is 0. The number of imidazole rings is 1. The van der Waals surface area contributed by atoms with E-state index in [0.29, 0.717) is 22.3 Å². The zero-order chi connectivity index (χ0) is 51.7. The first-order chi connectivity index (χ1) is 35.5. The molecular weight excluding hydrogens is 1110 g/mol. The number of nitrogens with zero attached hydrogens (tertiary/aromatic N) is 3. The molecule has 1 aliphatic carbocycles. The molecule has 0 saturated heterocycles. The molecule has 3 heterocycles. The zero-order valence-electron chi connectivity index (χ0n) is 43.1. The standard InChI is InChI=1S/C53H48FN2O.C12H7F3N.Ir/c1-31(2)43-28-36(34-20-18-33(19-21-34)35-24-26-53(5,6)27-25-35)29-44(32(3)4)49(43)56-47-17-10-9-16-46(47)55-52(56)42-15-11-14-41-48-39-13-8-7-12-38(39)45-30-37(54)22-23-40(45)51(48)57-50(41)42;13-12(14,15)10-6-4-9(5-7-10)11-3-1-2-8-16-11;/h7-14,16-23,28-32,35H,24-27H2,1-6H3;1-4,6-8H;/q2*-1;/i35D;;. The maximum absolute atomic E-state index is 14.7. The van der Waals surface area contributed by atoms with Crippen molar-refractivity contribution < 1.29 is 43.5 Å². The average molecular weight is 1160 g/mol. The van der Waals surface area contributed by atoms with Gasteiger partial charge in [0.05, 0.1) is 22.4 Å². The molecule has 3 aromatic heterocycles. The van der Waals surface area contributed by atoms with E-state index in [4.69, 9.17) is 9.40 Å². The van der Waals surface area contributed by atoms with Crippen molar-refractivity contribution in [1.82, 2.24) is 14.5 Å². The first-order valence-corrected chi connectivity index (χ1v) is 25.1. The van der Waals surface area contributed by atoms with Crippen LogP contribution < -0.4 is 0 Å². The Bertz CT molecular complexity index is 3860. The van der Waals surface area contributed by atoms with Crippen LogP contribution in [-0.2, 0) is 26.3 Å². The number of para-hydroxylation sites is 2. The van der Waals surface area contributed by atoms with Gasteiger partial charge >= 0.3 is 6.18 Å². The van der Waals surface area contributed by atoms with Crippen LogP contribution in [0.4, 0.5) is 17.6 Å². The van der Waals surface area contributed by atoms with Crippen molar-refractivity contribution in [3.8, 4) is 39.5 Å². The monoisotopic (exact) mass is 1160 g/mol. The molecule has 8 aromatic carbocycles. The summed E-state index contributed by atoms with van der Waals surface area (Å²) in [6.07, 6.45) is 1.22. The van der Waals surface area contributed by atoms with E-state index in [2.05, 4.69) is 136 Å². The molecule has 375 valence electrons. The van der Waals surface area contributed by atoms with Crippen LogP contribution >= 0.6 is 0 Å². The number of furan rings is 1. The normalized spacial score (nSPS) is 14.7. The molecule has 9 heteroatoms. The molecule has 0 N–H and O–H groups in total. The van der Waals surface area contributed by atoms with Gasteiger partial charge in [0.15, 0.2) is 0 Å². The van der Waals surface area contributed by atoms with Crippen LogP contribution in [0.1, 0.15) is 109 Å². The molecule has 0 aliphatic heterocycles. The van der Waals surface area contributed by atoms with Crippen LogP contribution in [0.3, 0.4) is 0 Å². The molecule has 1 aliphatic rings. The fourth-order valence-electron chi connectivity index (χ4n) is 10.7. The Morgan fingerprint density at radius 1 is 0.703 bits per heavy atom. The van der Waals surface area contributed by atoms with E-state index in [1.165, 1.54) is 28.8 Å². The van der Waals surface area contributed by atoms with E-state index in [0.717, 1.165) is 115 Å². The van der Waals surface area contributed by atoms with Crippen molar-refractivity contribution >= 4 is 54.5 Å². The molecule has 11 aromatic rings. The number of fused-ring (bicyclic) bond motifs is 9. The number of halogens is 4. The van der Waals surface area contributed by atoms with E-state index in [1.807, 2.05) is 30.3 Å². The smallest absolute Gasteiger partial charge is 0.381 e. The van der Waals surface area contributed by atoms with E-state index >= 15 is 0 Å². The number of aromatic nitrogens is 3. The average Bonchev–Trinajstić information content (AvgIpc) is 4.02. The third-order valence-electron chi connectivity index (χ3n) is 14.7. The predicted octanol–water partition coefficient (Wildman–Crippen LogP) is 19.0. The Morgan fingerprint density at radius 3 is 2.05 bits per heavy atom. The number of benzene rings is 8. The minimum atomic E-state index is -4.32. The summed E-state index contributed by atoms with van der Waals surface area (Å²) < 4.78 is 70.3. The Hall–Kier alpha value is -6.93. The van der Waals surface area contributed by atoms with Gasteiger partial charge in [0.2, 0.25) is 0 Å². The third-order valence-corrected chi connectivity index (χ3v) is 14.7. The Labute approximate surface area is 444 Å². The quantitative estimate of drug-likeness (QED) is 0.0907. The number of rotatable bonds is 7. The van der Waals surface area contributed by atoms with E-state index < -0.39 is 17.6 Å². The summed E-state index contributed by atoms with van der Waals surface area (Å²) in [6, 6.07) is 53.9. The topological polar surface area (TPSA) is 43.9 Å². The molecule has 4 nitrogen and oxygen atoms in total. The number of hydrogen-bond acceptors (Lipinski definition) is 3. The van der Waals surface area contributed by atoms with Crippen LogP contribution in [0.5, 0.6) is 0 Å². The summed E-state index contributed by atoms with van der Waals surface area (Å²) in [5, 5.41) is 5.70. The van der Waals surface area contributed by atoms with Gasteiger partial charge in [-0.05, 0) is 153 Å². The maximum atomic E-state index is 14.7. The summed E-state index contributed by atoms with van der Waals surface area (Å²) in [5.41, 5.74) is 12.0. The Balaban J connectivity index is 0.000000323. The SMILES string of the molecule is FC(F)(F)c1c[c-]c(-c2ccccn2)cc1.[2H]C1(c2ccc(-c3cc(C(C)C)c(-n4c(-c5[c-]ccc6c5oc5c7ccc(F)cc7c7ccccc7c65)nc5ccccc54)c(C(C)C)c3)cc2)CCC(C)(C)CC1.[Ir]. The fourth-order valence-corrected chi connectivity index (χ4v) is 10.7. The molecule has 0 atom stereocenters. The molecule has 0 bridgehead atoms. The molecule has 0 spiro atoms. The summed E-state index contributed by atoms with van der Waals surface area (Å²) in [6.45, 7) is 13.8. The summed E-state index contributed by atoms with van der Waals surface area (Å²) in [5.74, 6) is 0.369. The zero-order valence-corrected chi connectivity index (χ0v) is 44.5. The second-order valence-corrected chi connectivity index (χ2v) is 20.8. The predicted molar refractivity (Wildman–Crippen MR) is 290 cm³/mol. The molecule has 74 heavy (non-hydrogen) atoms. The molecule has 1 saturated carbocycles. The van der Waals surface area contributed by atoms with E-state index in [-0.39, 0.29) is 37.8 Å². The first kappa shape index (κ1) is 49.3. The Kier molecular flexibility index (Phi) is 13.4. The molecular formula is C65H55F4IrN3O-2. The van der Waals surface area contributed by atoms with Gasteiger partial charge in [0.1, 0.15) is 11.4 Å². The largest absolute Gasteiger partial charge is 0.500 e. The molecule has 0 unspecified atom stereocenters. The van der Waals surface area contributed by atoms with Gasteiger partial charge in [-0.25, -0.2) is 4.39 Å². The van der Waals surface area contributed by atoms with Crippen molar-refractivity contribution in [3.05, 3.63) is 198 Å². The van der Waals surface area contributed by atoms with E-state index in [9.17, 15) is 18.9 Å². The van der Waals surface area contributed by atoms with Crippen molar-refractivity contribution in [3.63, 3.8) is 0 Å². The van der Waals surface area contributed by atoms with Crippen LogP contribution in [0, 0.1) is 23.4 Å². The molecule has 1 radical (unpaired) electrons. The number of pyridine rings is 1. The van der Waals surface area contributed by atoms with Crippen molar-refractivity contribution in [2.75, 3.05) is 0 Å². The Morgan fingerprint density at radius 2 is 1.39 bits per heavy atom. The van der Waals surface area contributed by atoms with Crippen molar-refractivity contribution in [2.24, 2.45) is 5.41 Å². The maximum Gasteiger partial charge on any atom is 0.381 e. The van der Waals surface area contributed by atoms with Crippen LogP contribution in [-0.4, -0.2) is 14.5 Å². The summed E-state index contributed by atoms with van der Waals surface area (Å²) >= 11 is 0. The van der Waals surface area contributed by atoms with Gasteiger partial charge in [-0.15, -0.1) is 48.0 Å². The second-order valence-electron chi connectivity index (χ2n) is 20.8. The first-order valence-electron chi connectivity index (χ1n) is 25.6. The van der Waals surface area contributed by atoms with Gasteiger partial charge in [0.25, 0.3) is 0 Å². The second kappa shape index (κ2) is 20.1. The van der Waals surface area contributed by atoms with Gasteiger partial charge in [-0.1, -0.05) is 125 Å². The summed E-state index contributed by atoms with van der Waals surface area (Å²) in [4.78, 5) is 9.40. The van der Waals surface area contributed by atoms with Crippen LogP contribution in [0.15, 0.2) is 162 Å². The van der Waals surface area contributed by atoms with E-state index in [1.54, 1.807) is 30.5 Å². The van der Waals surface area contributed by atoms with Gasteiger partial charge in [-0.3, -0.25) is 4.98 Å².